The van der Waals surface area contributed by atoms with Crippen LogP contribution >= 0.6 is 0 Å². The summed E-state index contributed by atoms with van der Waals surface area (Å²) in [6.07, 6.45) is 6.14. The van der Waals surface area contributed by atoms with E-state index in [1.165, 1.54) is 0 Å². The van der Waals surface area contributed by atoms with E-state index in [0.29, 0.717) is 50.2 Å². The minimum absolute atomic E-state index is 0.0130. The molecular formula is C30H46O8. The quantitative estimate of drug-likeness (QED) is 0.277. The molecule has 6 fully saturated rings. The zero-order valence-corrected chi connectivity index (χ0v) is 23.6. The van der Waals surface area contributed by atoms with Gasteiger partial charge in [-0.1, -0.05) is 32.1 Å². The Bertz CT molecular complexity index is 992. The number of fused-ring (bicyclic) bond motifs is 2. The molecule has 8 nitrogen and oxygen atoms in total. The Morgan fingerprint density at radius 1 is 1.03 bits per heavy atom. The van der Waals surface area contributed by atoms with Gasteiger partial charge in [0.15, 0.2) is 5.79 Å². The second kappa shape index (κ2) is 9.38. The summed E-state index contributed by atoms with van der Waals surface area (Å²) >= 11 is 0. The Labute approximate surface area is 226 Å². The van der Waals surface area contributed by atoms with Crippen molar-refractivity contribution in [2.75, 3.05) is 13.2 Å². The summed E-state index contributed by atoms with van der Waals surface area (Å²) in [6, 6.07) is 0. The predicted octanol–water partition coefficient (Wildman–Crippen LogP) is 3.77. The Morgan fingerprint density at radius 2 is 1.76 bits per heavy atom. The van der Waals surface area contributed by atoms with Crippen molar-refractivity contribution in [1.29, 1.82) is 0 Å². The SMILES string of the molecule is C=C1CC(O)C(CCC2CCC3(OC2)OC2(O)CCC3(C)OC2(C)C)C(C)(C)C1CC=C1C(=O)OCC1O. The lowest BCUT2D eigenvalue weighted by Gasteiger charge is -2.66. The molecule has 38 heavy (non-hydrogen) atoms. The first-order valence-electron chi connectivity index (χ1n) is 14.3. The lowest BCUT2D eigenvalue weighted by molar-refractivity contribution is -0.522. The van der Waals surface area contributed by atoms with E-state index < -0.39 is 41.0 Å². The van der Waals surface area contributed by atoms with E-state index in [1.54, 1.807) is 6.08 Å². The molecule has 5 aliphatic heterocycles. The topological polar surface area (TPSA) is 115 Å². The molecule has 8 atom stereocenters. The third kappa shape index (κ3) is 4.40. The van der Waals surface area contributed by atoms with E-state index in [0.717, 1.165) is 24.8 Å². The van der Waals surface area contributed by atoms with E-state index in [9.17, 15) is 20.1 Å². The highest BCUT2D eigenvalue weighted by molar-refractivity contribution is 5.91. The lowest BCUT2D eigenvalue weighted by atomic mass is 9.57. The Morgan fingerprint density at radius 3 is 2.37 bits per heavy atom. The Hall–Kier alpha value is -1.29. The first-order valence-corrected chi connectivity index (χ1v) is 14.3. The molecule has 1 saturated carbocycles. The van der Waals surface area contributed by atoms with Gasteiger partial charge in [0, 0.05) is 12.8 Å². The van der Waals surface area contributed by atoms with Crippen molar-refractivity contribution in [3.63, 3.8) is 0 Å². The molecule has 6 aliphatic rings. The predicted molar refractivity (Wildman–Crippen MR) is 140 cm³/mol. The first-order chi connectivity index (χ1) is 17.6. The van der Waals surface area contributed by atoms with Crippen LogP contribution in [0.4, 0.5) is 0 Å². The molecule has 5 heterocycles. The van der Waals surface area contributed by atoms with E-state index in [1.807, 2.05) is 20.8 Å². The monoisotopic (exact) mass is 534 g/mol. The normalized spacial score (nSPS) is 47.1. The number of carbonyl (C=O) groups is 1. The van der Waals surface area contributed by atoms with Gasteiger partial charge in [0.1, 0.15) is 23.9 Å². The van der Waals surface area contributed by atoms with E-state index in [-0.39, 0.29) is 23.9 Å². The number of hydrogen-bond acceptors (Lipinski definition) is 8. The molecule has 0 radical (unpaired) electrons. The van der Waals surface area contributed by atoms with Crippen molar-refractivity contribution < 1.29 is 39.1 Å². The van der Waals surface area contributed by atoms with E-state index in [4.69, 9.17) is 18.9 Å². The van der Waals surface area contributed by atoms with Gasteiger partial charge in [-0.25, -0.2) is 4.79 Å². The largest absolute Gasteiger partial charge is 0.459 e. The van der Waals surface area contributed by atoms with Gasteiger partial charge in [-0.15, -0.1) is 0 Å². The van der Waals surface area contributed by atoms with Gasteiger partial charge in [0.25, 0.3) is 0 Å². The van der Waals surface area contributed by atoms with Gasteiger partial charge in [-0.3, -0.25) is 0 Å². The molecule has 0 amide bonds. The smallest absolute Gasteiger partial charge is 0.336 e. The third-order valence-electron chi connectivity index (χ3n) is 10.6. The zero-order chi connectivity index (χ0) is 27.7. The summed E-state index contributed by atoms with van der Waals surface area (Å²) in [4.78, 5) is 12.0. The van der Waals surface area contributed by atoms with Crippen LogP contribution in [0.3, 0.4) is 0 Å². The highest BCUT2D eigenvalue weighted by Crippen LogP contribution is 2.59. The van der Waals surface area contributed by atoms with Crippen LogP contribution in [-0.2, 0) is 23.7 Å². The third-order valence-corrected chi connectivity index (χ3v) is 10.6. The molecule has 1 spiro atoms. The number of rotatable bonds is 5. The summed E-state index contributed by atoms with van der Waals surface area (Å²) in [5.41, 5.74) is -0.319. The number of esters is 1. The van der Waals surface area contributed by atoms with Gasteiger partial charge in [0.2, 0.25) is 5.79 Å². The maximum absolute atomic E-state index is 12.0. The molecule has 3 N–H and O–H groups in total. The van der Waals surface area contributed by atoms with Crippen LogP contribution in [0.2, 0.25) is 0 Å². The molecule has 8 heteroatoms. The highest BCUT2D eigenvalue weighted by Gasteiger charge is 2.71. The number of aliphatic hydroxyl groups excluding tert-OH is 2. The highest BCUT2D eigenvalue weighted by atomic mass is 16.8. The summed E-state index contributed by atoms with van der Waals surface area (Å²) < 4.78 is 24.1. The molecule has 0 aromatic heterocycles. The molecule has 0 aromatic rings. The van der Waals surface area contributed by atoms with Gasteiger partial charge in [-0.2, -0.15) is 0 Å². The van der Waals surface area contributed by atoms with E-state index in [2.05, 4.69) is 20.4 Å². The molecule has 214 valence electrons. The zero-order valence-electron chi connectivity index (χ0n) is 23.6. The number of allylic oxidation sites excluding steroid dienone is 1. The first kappa shape index (κ1) is 28.2. The Kier molecular flexibility index (Phi) is 6.98. The molecule has 0 aromatic carbocycles. The van der Waals surface area contributed by atoms with Crippen molar-refractivity contribution in [3.8, 4) is 0 Å². The van der Waals surface area contributed by atoms with Crippen molar-refractivity contribution in [1.82, 2.24) is 0 Å². The maximum Gasteiger partial charge on any atom is 0.336 e. The van der Waals surface area contributed by atoms with Crippen LogP contribution in [0.15, 0.2) is 23.8 Å². The minimum atomic E-state index is -1.36. The fourth-order valence-electron chi connectivity index (χ4n) is 7.96. The van der Waals surface area contributed by atoms with Crippen molar-refractivity contribution in [2.45, 2.75) is 121 Å². The van der Waals surface area contributed by atoms with Crippen LogP contribution in [0.1, 0.15) is 86.0 Å². The maximum atomic E-state index is 12.0. The molecule has 6 rings (SSSR count). The minimum Gasteiger partial charge on any atom is -0.459 e. The van der Waals surface area contributed by atoms with Crippen LogP contribution < -0.4 is 0 Å². The van der Waals surface area contributed by atoms with Gasteiger partial charge < -0.3 is 34.3 Å². The summed E-state index contributed by atoms with van der Waals surface area (Å²) in [7, 11) is 0. The van der Waals surface area contributed by atoms with Gasteiger partial charge >= 0.3 is 5.97 Å². The standard InChI is InChI=1S/C30H46O8/c1-18-15-23(31)22(26(2,3)21(18)10-8-20-24(32)17-35-25(20)33)9-7-19-11-12-30(36-16-19)28(6)13-14-29(34,38-30)27(4,5)37-28/h8,19,21-24,31-32,34H,1,7,9-17H2,2-6H3. The van der Waals surface area contributed by atoms with Crippen molar-refractivity contribution in [2.24, 2.45) is 23.2 Å². The Balaban J connectivity index is 1.21. The van der Waals surface area contributed by atoms with Crippen LogP contribution in [0, 0.1) is 23.2 Å². The number of aliphatic hydroxyl groups is 3. The average Bonchev–Trinajstić information content (AvgIpc) is 3.13. The second-order valence-corrected chi connectivity index (χ2v) is 13.7. The van der Waals surface area contributed by atoms with E-state index >= 15 is 0 Å². The van der Waals surface area contributed by atoms with Crippen LogP contribution in [0.5, 0.6) is 0 Å². The molecule has 1 aliphatic carbocycles. The fraction of sp³-hybridized carbons (Fsp3) is 0.833. The van der Waals surface area contributed by atoms with Gasteiger partial charge in [0.05, 0.1) is 18.3 Å². The second-order valence-electron chi connectivity index (χ2n) is 13.7. The average molecular weight is 535 g/mol. The number of carbonyl (C=O) groups excluding carboxylic acids is 1. The van der Waals surface area contributed by atoms with Gasteiger partial charge in [-0.05, 0) is 82.5 Å². The number of hydrogen-bond donors (Lipinski definition) is 3. The van der Waals surface area contributed by atoms with Crippen LogP contribution in [-0.4, -0.2) is 69.5 Å². The van der Waals surface area contributed by atoms with Crippen LogP contribution in [0.25, 0.3) is 0 Å². The molecule has 5 saturated heterocycles. The number of ether oxygens (including phenoxy) is 4. The summed E-state index contributed by atoms with van der Waals surface area (Å²) in [5.74, 6) is -2.26. The number of cyclic esters (lactones) is 1. The van der Waals surface area contributed by atoms with Crippen molar-refractivity contribution in [3.05, 3.63) is 23.8 Å². The molecular weight excluding hydrogens is 488 g/mol. The molecule has 2 bridgehead atoms. The fourth-order valence-corrected chi connectivity index (χ4v) is 7.96. The molecule has 8 unspecified atom stereocenters. The summed E-state index contributed by atoms with van der Waals surface area (Å²) in [5, 5.41) is 32.3. The lowest BCUT2D eigenvalue weighted by Crippen LogP contribution is -2.78. The van der Waals surface area contributed by atoms with Crippen molar-refractivity contribution >= 4 is 5.97 Å². The summed E-state index contributed by atoms with van der Waals surface area (Å²) in [6.45, 7) is 15.0.